The summed E-state index contributed by atoms with van der Waals surface area (Å²) < 4.78 is 11.9. The van der Waals surface area contributed by atoms with Gasteiger partial charge in [0.05, 0.1) is 12.5 Å². The number of hydrogen-bond donors (Lipinski definition) is 1. The number of benzene rings is 2. The largest absolute Gasteiger partial charge is 0.512 e. The first-order valence-corrected chi connectivity index (χ1v) is 17.4. The monoisotopic (exact) mass is 850 g/mol. The van der Waals surface area contributed by atoms with E-state index in [1.54, 1.807) is 12.5 Å². The second-order valence-electron chi connectivity index (χ2n) is 14.5. The van der Waals surface area contributed by atoms with Gasteiger partial charge in [-0.25, -0.2) is 0 Å². The third kappa shape index (κ3) is 7.65. The van der Waals surface area contributed by atoms with Crippen molar-refractivity contribution < 1.29 is 38.8 Å². The van der Waals surface area contributed by atoms with Crippen molar-refractivity contribution >= 4 is 38.5 Å². The summed E-state index contributed by atoms with van der Waals surface area (Å²) in [6, 6.07) is 20.1. The number of nitrogens with zero attached hydrogens (tertiary/aromatic N) is 2. The molecule has 0 atom stereocenters. The molecule has 0 saturated heterocycles. The van der Waals surface area contributed by atoms with Gasteiger partial charge in [0.1, 0.15) is 17.1 Å². The SMILES string of the molecule is CC(C)(C)c1cc(-c2nccc3cc(-c4cncc5occc45)oc23)[c-]c2ccccc12.CCC(C)(CC)C(=O)/C=C(\O)C(C)(CC)CC.[Ir]. The molecule has 0 amide bonds. The first kappa shape index (κ1) is 38.7. The van der Waals surface area contributed by atoms with Crippen molar-refractivity contribution in [1.29, 1.82) is 0 Å². The van der Waals surface area contributed by atoms with Crippen LogP contribution in [0.25, 0.3) is 55.3 Å². The minimum absolute atomic E-state index is 0. The quantitative estimate of drug-likeness (QED) is 0.0885. The Morgan fingerprint density at radius 3 is 2.22 bits per heavy atom. The zero-order valence-electron chi connectivity index (χ0n) is 30.7. The van der Waals surface area contributed by atoms with Crippen LogP contribution in [0, 0.1) is 16.9 Å². The second-order valence-corrected chi connectivity index (χ2v) is 14.5. The summed E-state index contributed by atoms with van der Waals surface area (Å²) >= 11 is 0. The number of rotatable bonds is 9. The zero-order valence-corrected chi connectivity index (χ0v) is 33.1. The normalized spacial score (nSPS) is 12.5. The Bertz CT molecular complexity index is 2120. The van der Waals surface area contributed by atoms with Crippen molar-refractivity contribution in [2.75, 3.05) is 0 Å². The van der Waals surface area contributed by atoms with E-state index in [0.717, 1.165) is 75.6 Å². The summed E-state index contributed by atoms with van der Waals surface area (Å²) in [5.41, 5.74) is 4.74. The number of furan rings is 2. The van der Waals surface area contributed by atoms with Gasteiger partial charge in [0, 0.05) is 71.4 Å². The molecule has 7 heteroatoms. The Morgan fingerprint density at radius 1 is 0.880 bits per heavy atom. The van der Waals surface area contributed by atoms with Crippen LogP contribution in [-0.4, -0.2) is 20.9 Å². The van der Waals surface area contributed by atoms with Crippen molar-refractivity contribution in [2.45, 2.75) is 93.4 Å². The molecule has 0 fully saturated rings. The maximum Gasteiger partial charge on any atom is 0.164 e. The van der Waals surface area contributed by atoms with Gasteiger partial charge >= 0.3 is 0 Å². The van der Waals surface area contributed by atoms with Gasteiger partial charge in [0.2, 0.25) is 0 Å². The molecular weight excluding hydrogens is 801 g/mol. The van der Waals surface area contributed by atoms with Crippen LogP contribution in [0.15, 0.2) is 94.1 Å². The second kappa shape index (κ2) is 15.4. The summed E-state index contributed by atoms with van der Waals surface area (Å²) in [6.45, 7) is 18.8. The van der Waals surface area contributed by atoms with E-state index in [2.05, 4.69) is 56.1 Å². The minimum Gasteiger partial charge on any atom is -0.512 e. The number of ketones is 1. The Morgan fingerprint density at radius 2 is 1.56 bits per heavy atom. The third-order valence-electron chi connectivity index (χ3n) is 10.5. The van der Waals surface area contributed by atoms with E-state index in [9.17, 15) is 9.90 Å². The average molecular weight is 850 g/mol. The predicted molar refractivity (Wildman–Crippen MR) is 201 cm³/mol. The number of aromatic nitrogens is 2. The number of aliphatic hydroxyl groups is 1. The molecule has 265 valence electrons. The summed E-state index contributed by atoms with van der Waals surface area (Å²) in [4.78, 5) is 21.2. The van der Waals surface area contributed by atoms with Crippen molar-refractivity contribution in [2.24, 2.45) is 10.8 Å². The average Bonchev–Trinajstić information content (AvgIpc) is 3.78. The van der Waals surface area contributed by atoms with Crippen LogP contribution in [0.5, 0.6) is 0 Å². The molecule has 1 radical (unpaired) electrons. The molecule has 6 rings (SSSR count). The van der Waals surface area contributed by atoms with Crippen LogP contribution < -0.4 is 0 Å². The molecule has 0 unspecified atom stereocenters. The number of fused-ring (bicyclic) bond motifs is 3. The predicted octanol–water partition coefficient (Wildman–Crippen LogP) is 12.2. The van der Waals surface area contributed by atoms with Gasteiger partial charge in [-0.2, -0.15) is 0 Å². The minimum atomic E-state index is -0.337. The van der Waals surface area contributed by atoms with Crippen LogP contribution >= 0.6 is 0 Å². The number of allylic oxidation sites excluding steroid dienone is 2. The van der Waals surface area contributed by atoms with Crippen molar-refractivity contribution in [3.63, 3.8) is 0 Å². The molecule has 0 aliphatic rings. The van der Waals surface area contributed by atoms with Gasteiger partial charge in [-0.15, -0.1) is 29.1 Å². The van der Waals surface area contributed by atoms with E-state index in [4.69, 9.17) is 13.8 Å². The summed E-state index contributed by atoms with van der Waals surface area (Å²) in [6.07, 6.45) is 11.8. The fraction of sp³-hybridized carbons (Fsp3) is 0.372. The number of carbonyl (C=O) groups excluding carboxylic acids is 1. The molecule has 0 saturated carbocycles. The van der Waals surface area contributed by atoms with Crippen LogP contribution in [-0.2, 0) is 30.3 Å². The van der Waals surface area contributed by atoms with Crippen molar-refractivity contribution in [1.82, 2.24) is 9.97 Å². The fourth-order valence-electron chi connectivity index (χ4n) is 6.04. The maximum absolute atomic E-state index is 12.2. The van der Waals surface area contributed by atoms with Gasteiger partial charge in [0.15, 0.2) is 11.4 Å². The number of hydrogen-bond acceptors (Lipinski definition) is 6. The molecule has 2 aromatic carbocycles. The summed E-state index contributed by atoms with van der Waals surface area (Å²) in [5.74, 6) is 1.03. The Balaban J connectivity index is 0.000000269. The number of carbonyl (C=O) groups is 1. The smallest absolute Gasteiger partial charge is 0.164 e. The topological polar surface area (TPSA) is 89.4 Å². The van der Waals surface area contributed by atoms with Gasteiger partial charge < -0.3 is 13.9 Å². The number of pyridine rings is 2. The van der Waals surface area contributed by atoms with E-state index in [-0.39, 0.29) is 47.9 Å². The maximum atomic E-state index is 12.2. The van der Waals surface area contributed by atoms with Crippen molar-refractivity contribution in [3.8, 4) is 22.6 Å². The summed E-state index contributed by atoms with van der Waals surface area (Å²) in [5, 5.41) is 14.4. The zero-order chi connectivity index (χ0) is 35.6. The molecule has 4 aromatic heterocycles. The van der Waals surface area contributed by atoms with E-state index >= 15 is 0 Å². The Hall–Kier alpha value is -4.06. The van der Waals surface area contributed by atoms with Crippen molar-refractivity contribution in [3.05, 3.63) is 96.8 Å². The van der Waals surface area contributed by atoms with Gasteiger partial charge in [-0.05, 0) is 49.3 Å². The van der Waals surface area contributed by atoms with E-state index in [1.165, 1.54) is 17.0 Å². The first-order valence-electron chi connectivity index (χ1n) is 17.4. The van der Waals surface area contributed by atoms with Crippen LogP contribution in [0.1, 0.15) is 93.6 Å². The molecule has 0 aliphatic carbocycles. The van der Waals surface area contributed by atoms with Crippen LogP contribution in [0.3, 0.4) is 0 Å². The standard InChI is InChI=1S/C28H21N2O2.C15H28O2.Ir/c1-28(2,3)23-13-19(12-17-6-4-5-7-20(17)23)26-27-18(8-10-30-26)14-24(32-27)22-15-29-16-25-21(22)9-11-31-25;1-7-14(5,8-2)12(16)11-13(17)15(6,9-3)10-4;/h4-11,13-16H,1-3H3;11,16H,7-10H2,1-6H3;/q-1;;/b;12-11-;. The molecule has 0 spiro atoms. The van der Waals surface area contributed by atoms with Crippen LogP contribution in [0.4, 0.5) is 0 Å². The Labute approximate surface area is 309 Å². The molecule has 6 nitrogen and oxygen atoms in total. The Kier molecular flexibility index (Phi) is 12.0. The molecule has 4 heterocycles. The molecule has 0 bridgehead atoms. The molecule has 50 heavy (non-hydrogen) atoms. The summed E-state index contributed by atoms with van der Waals surface area (Å²) in [7, 11) is 0. The van der Waals surface area contributed by atoms with Crippen LogP contribution in [0.2, 0.25) is 0 Å². The van der Waals surface area contributed by atoms with Gasteiger partial charge in [0.25, 0.3) is 0 Å². The van der Waals surface area contributed by atoms with E-state index in [1.807, 2.05) is 78.2 Å². The number of aliphatic hydroxyl groups excluding tert-OH is 1. The molecular formula is C43H49IrN2O4-. The first-order chi connectivity index (χ1) is 23.3. The third-order valence-corrected chi connectivity index (χ3v) is 10.5. The van der Waals surface area contributed by atoms with E-state index < -0.39 is 0 Å². The van der Waals surface area contributed by atoms with Gasteiger partial charge in [-0.1, -0.05) is 91.5 Å². The van der Waals surface area contributed by atoms with Gasteiger partial charge in [-0.3, -0.25) is 14.8 Å². The fourth-order valence-corrected chi connectivity index (χ4v) is 6.04. The molecule has 1 N–H and O–H groups in total. The molecule has 0 aliphatic heterocycles. The van der Waals surface area contributed by atoms with E-state index in [0.29, 0.717) is 0 Å². The molecule has 6 aromatic rings.